The molecule has 4 amide bonds. The van der Waals surface area contributed by atoms with Gasteiger partial charge in [-0.25, -0.2) is 9.86 Å². The van der Waals surface area contributed by atoms with E-state index in [0.717, 1.165) is 23.1 Å². The number of alkyl carbamates (subject to hydrolysis) is 1. The molecule has 61 heavy (non-hydrogen) atoms. The molecule has 0 bridgehead atoms. The number of rotatable bonds is 20. The van der Waals surface area contributed by atoms with Crippen LogP contribution in [0.2, 0.25) is 18.1 Å². The summed E-state index contributed by atoms with van der Waals surface area (Å²) in [5.41, 5.74) is 2.27. The Labute approximate surface area is 366 Å². The largest absolute Gasteiger partial charge is 0.444 e. The fourth-order valence-corrected chi connectivity index (χ4v) is 8.71. The summed E-state index contributed by atoms with van der Waals surface area (Å²) in [6.07, 6.45) is 2.20. The molecule has 2 N–H and O–H groups in total. The van der Waals surface area contributed by atoms with Gasteiger partial charge in [0.25, 0.3) is 0 Å². The molecule has 1 fully saturated rings. The van der Waals surface area contributed by atoms with Crippen molar-refractivity contribution in [2.45, 2.75) is 136 Å². The number of benzene rings is 3. The maximum absolute atomic E-state index is 14.8. The summed E-state index contributed by atoms with van der Waals surface area (Å²) in [6, 6.07) is 28.3. The van der Waals surface area contributed by atoms with Gasteiger partial charge in [-0.3, -0.25) is 19.2 Å². The number of carbonyl (C=O) groups excluding carboxylic acids is 4. The maximum atomic E-state index is 14.8. The lowest BCUT2D eigenvalue weighted by Gasteiger charge is -2.42. The standard InChI is InChI=1S/C49H72N4O7Si/c1-36(2)44(46(56)52-28-26-39(27-29-52)33-53(35-54)58-34-40-24-18-13-19-25-40)51-45(55)41(30-37-20-14-11-15-21-37)32-43(60-61(9,10)49(6,7)8)42(31-38-22-16-12-17-23-38)50-47(57)59-48(3,4)5/h11-25,35-36,39,41-44H,26-34H2,1-10H3,(H,50,57)(H,51,55)/t41?,42?,43?,44-/m0/s1. The normalized spacial score (nSPS) is 16.0. The minimum atomic E-state index is -2.48. The monoisotopic (exact) mass is 857 g/mol. The van der Waals surface area contributed by atoms with E-state index in [0.29, 0.717) is 58.3 Å². The van der Waals surface area contributed by atoms with Gasteiger partial charge in [-0.1, -0.05) is 126 Å². The van der Waals surface area contributed by atoms with Crippen LogP contribution in [0.1, 0.15) is 91.3 Å². The van der Waals surface area contributed by atoms with E-state index in [1.165, 1.54) is 5.06 Å². The van der Waals surface area contributed by atoms with Gasteiger partial charge in [-0.05, 0) is 99.5 Å². The van der Waals surface area contributed by atoms with Crippen LogP contribution in [0.25, 0.3) is 0 Å². The van der Waals surface area contributed by atoms with E-state index >= 15 is 0 Å². The lowest BCUT2D eigenvalue weighted by molar-refractivity contribution is -0.182. The van der Waals surface area contributed by atoms with Crippen molar-refractivity contribution in [2.24, 2.45) is 17.8 Å². The highest BCUT2D eigenvalue weighted by Gasteiger charge is 2.43. The molecule has 0 aromatic heterocycles. The number of ether oxygens (including phenoxy) is 1. The molecule has 1 aliphatic rings. The predicted molar refractivity (Wildman–Crippen MR) is 244 cm³/mol. The second-order valence-electron chi connectivity index (χ2n) is 19.4. The number of piperidine rings is 1. The summed E-state index contributed by atoms with van der Waals surface area (Å²) in [6.45, 7) is 22.1. The second-order valence-corrected chi connectivity index (χ2v) is 24.2. The zero-order chi connectivity index (χ0) is 44.8. The molecule has 3 aromatic carbocycles. The third kappa shape index (κ3) is 16.0. The van der Waals surface area contributed by atoms with Crippen LogP contribution in [0.3, 0.4) is 0 Å². The Morgan fingerprint density at radius 3 is 1.82 bits per heavy atom. The fourth-order valence-electron chi connectivity index (χ4n) is 7.34. The second kappa shape index (κ2) is 22.5. The van der Waals surface area contributed by atoms with E-state index < -0.39 is 44.1 Å². The Balaban J connectivity index is 1.57. The van der Waals surface area contributed by atoms with Gasteiger partial charge in [-0.15, -0.1) is 0 Å². The molecular weight excluding hydrogens is 785 g/mol. The van der Waals surface area contributed by atoms with Gasteiger partial charge in [-0.2, -0.15) is 0 Å². The SMILES string of the molecule is CC(C)[C@H](NC(=O)C(Cc1ccccc1)CC(O[Si](C)(C)C(C)(C)C)C(Cc1ccccc1)NC(=O)OC(C)(C)C)C(=O)N1CCC(CN(C=O)OCc2ccccc2)CC1. The van der Waals surface area contributed by atoms with Crippen molar-refractivity contribution < 1.29 is 33.2 Å². The maximum Gasteiger partial charge on any atom is 0.407 e. The van der Waals surface area contributed by atoms with Crippen molar-refractivity contribution in [1.29, 1.82) is 0 Å². The quantitative estimate of drug-likeness (QED) is 0.0662. The van der Waals surface area contributed by atoms with Crippen LogP contribution >= 0.6 is 0 Å². The summed E-state index contributed by atoms with van der Waals surface area (Å²) in [4.78, 5) is 62.2. The molecule has 334 valence electrons. The zero-order valence-electron chi connectivity index (χ0n) is 38.3. The summed E-state index contributed by atoms with van der Waals surface area (Å²) in [7, 11) is -2.48. The minimum absolute atomic E-state index is 0.115. The van der Waals surface area contributed by atoms with Gasteiger partial charge >= 0.3 is 6.09 Å². The van der Waals surface area contributed by atoms with Gasteiger partial charge in [0.2, 0.25) is 18.2 Å². The molecule has 0 radical (unpaired) electrons. The first-order valence-electron chi connectivity index (χ1n) is 22.0. The van der Waals surface area contributed by atoms with Crippen molar-refractivity contribution in [3.05, 3.63) is 108 Å². The highest BCUT2D eigenvalue weighted by Crippen LogP contribution is 2.39. The highest BCUT2D eigenvalue weighted by atomic mass is 28.4. The molecule has 1 heterocycles. The average Bonchev–Trinajstić information content (AvgIpc) is 3.20. The molecule has 4 rings (SSSR count). The first-order chi connectivity index (χ1) is 28.7. The van der Waals surface area contributed by atoms with Crippen molar-refractivity contribution in [3.8, 4) is 0 Å². The van der Waals surface area contributed by atoms with Gasteiger partial charge in [0.15, 0.2) is 8.32 Å². The number of nitrogens with zero attached hydrogens (tertiary/aromatic N) is 2. The molecule has 3 unspecified atom stereocenters. The summed E-state index contributed by atoms with van der Waals surface area (Å²) in [5.74, 6) is -0.954. The van der Waals surface area contributed by atoms with Crippen molar-refractivity contribution >= 4 is 32.6 Å². The van der Waals surface area contributed by atoms with Crippen LogP contribution in [0, 0.1) is 17.8 Å². The van der Waals surface area contributed by atoms with Crippen LogP contribution < -0.4 is 10.6 Å². The number of hydrogen-bond donors (Lipinski definition) is 2. The zero-order valence-corrected chi connectivity index (χ0v) is 39.3. The Bertz CT molecular complexity index is 1810. The average molecular weight is 857 g/mol. The summed E-state index contributed by atoms with van der Waals surface area (Å²) < 4.78 is 13.0. The van der Waals surface area contributed by atoms with E-state index in [4.69, 9.17) is 14.0 Å². The summed E-state index contributed by atoms with van der Waals surface area (Å²) >= 11 is 0. The van der Waals surface area contributed by atoms with Gasteiger partial charge in [0.05, 0.1) is 18.7 Å². The van der Waals surface area contributed by atoms with Crippen molar-refractivity contribution in [3.63, 3.8) is 0 Å². The van der Waals surface area contributed by atoms with Crippen LogP contribution in [0.4, 0.5) is 4.79 Å². The number of hydrogen-bond acceptors (Lipinski definition) is 7. The van der Waals surface area contributed by atoms with Crippen molar-refractivity contribution in [2.75, 3.05) is 19.6 Å². The number of likely N-dealkylation sites (tertiary alicyclic amines) is 1. The number of carbonyl (C=O) groups is 4. The van der Waals surface area contributed by atoms with E-state index in [-0.39, 0.29) is 28.7 Å². The lowest BCUT2D eigenvalue weighted by Crippen LogP contribution is -2.56. The Morgan fingerprint density at radius 1 is 0.803 bits per heavy atom. The van der Waals surface area contributed by atoms with Crippen LogP contribution in [-0.4, -0.2) is 86.0 Å². The Morgan fingerprint density at radius 2 is 1.33 bits per heavy atom. The highest BCUT2D eigenvalue weighted by molar-refractivity contribution is 6.74. The number of hydroxylamine groups is 2. The van der Waals surface area contributed by atoms with E-state index in [2.05, 4.69) is 44.5 Å². The third-order valence-corrected chi connectivity index (χ3v) is 16.4. The Kier molecular flexibility index (Phi) is 18.2. The van der Waals surface area contributed by atoms with Gasteiger partial charge in [0.1, 0.15) is 18.2 Å². The molecule has 1 saturated heterocycles. The first-order valence-corrected chi connectivity index (χ1v) is 24.9. The molecule has 0 spiro atoms. The van der Waals surface area contributed by atoms with Crippen molar-refractivity contribution in [1.82, 2.24) is 20.6 Å². The summed E-state index contributed by atoms with van der Waals surface area (Å²) in [5, 5.41) is 7.59. The molecule has 0 aliphatic carbocycles. The fraction of sp³-hybridized carbons (Fsp3) is 0.551. The molecule has 12 heteroatoms. The lowest BCUT2D eigenvalue weighted by atomic mass is 9.88. The minimum Gasteiger partial charge on any atom is -0.444 e. The van der Waals surface area contributed by atoms with Crippen LogP contribution in [-0.2, 0) is 47.8 Å². The first kappa shape index (κ1) is 49.1. The topological polar surface area (TPSA) is 127 Å². The number of amides is 4. The van der Waals surface area contributed by atoms with Crippen LogP contribution in [0.15, 0.2) is 91.0 Å². The number of nitrogens with one attached hydrogen (secondary N) is 2. The molecule has 11 nitrogen and oxygen atoms in total. The molecule has 3 aromatic rings. The van der Waals surface area contributed by atoms with E-state index in [1.54, 1.807) is 0 Å². The van der Waals surface area contributed by atoms with Gasteiger partial charge in [0, 0.05) is 19.0 Å². The molecule has 1 aliphatic heterocycles. The molecular formula is C49H72N4O7Si. The predicted octanol–water partition coefficient (Wildman–Crippen LogP) is 8.73. The van der Waals surface area contributed by atoms with Gasteiger partial charge < -0.3 is 24.7 Å². The van der Waals surface area contributed by atoms with E-state index in [9.17, 15) is 19.2 Å². The van der Waals surface area contributed by atoms with Crippen LogP contribution in [0.5, 0.6) is 0 Å². The molecule has 4 atom stereocenters. The Hall–Kier alpha value is -4.52. The third-order valence-electron chi connectivity index (χ3n) is 11.9. The smallest absolute Gasteiger partial charge is 0.407 e. The van der Waals surface area contributed by atoms with E-state index in [1.807, 2.05) is 131 Å². The molecule has 0 saturated carbocycles.